The van der Waals surface area contributed by atoms with E-state index < -0.39 is 0 Å². The minimum absolute atomic E-state index is 0.0631. The van der Waals surface area contributed by atoms with Gasteiger partial charge in [-0.3, -0.25) is 4.79 Å². The molecule has 1 aromatic rings. The molecule has 2 atom stereocenters. The van der Waals surface area contributed by atoms with E-state index in [9.17, 15) is 4.79 Å². The van der Waals surface area contributed by atoms with E-state index in [1.165, 1.54) is 0 Å². The standard InChI is InChI=1S/C14H22N2O2/c1-3-8-16-10-12(5-7-14(16)17)15-9-13-6-4-11(2)18-13/h5,7,10-11,13,15H,3-4,6,8-9H2,1-2H3. The van der Waals surface area contributed by atoms with Gasteiger partial charge in [-0.1, -0.05) is 6.92 Å². The van der Waals surface area contributed by atoms with Crippen LogP contribution in [0, 0.1) is 0 Å². The first-order chi connectivity index (χ1) is 8.69. The molecule has 1 N–H and O–H groups in total. The number of ether oxygens (including phenoxy) is 1. The topological polar surface area (TPSA) is 43.3 Å². The molecule has 4 nitrogen and oxygen atoms in total. The average molecular weight is 250 g/mol. The number of pyridine rings is 1. The van der Waals surface area contributed by atoms with E-state index in [4.69, 9.17) is 4.74 Å². The fraction of sp³-hybridized carbons (Fsp3) is 0.643. The summed E-state index contributed by atoms with van der Waals surface area (Å²) < 4.78 is 7.50. The minimum atomic E-state index is 0.0631. The summed E-state index contributed by atoms with van der Waals surface area (Å²) in [7, 11) is 0. The second-order valence-corrected chi connectivity index (χ2v) is 4.98. The molecular weight excluding hydrogens is 228 g/mol. The average Bonchev–Trinajstić information content (AvgIpc) is 2.76. The summed E-state index contributed by atoms with van der Waals surface area (Å²) in [6.45, 7) is 5.77. The highest BCUT2D eigenvalue weighted by Crippen LogP contribution is 2.19. The lowest BCUT2D eigenvalue weighted by molar-refractivity contribution is 0.0637. The SMILES string of the molecule is CCCn1cc(NCC2CCC(C)O2)ccc1=O. The summed E-state index contributed by atoms with van der Waals surface area (Å²) in [4.78, 5) is 11.6. The Bertz CT molecular complexity index is 442. The molecule has 4 heteroatoms. The molecule has 0 aliphatic carbocycles. The first-order valence-corrected chi connectivity index (χ1v) is 6.79. The molecule has 1 aliphatic heterocycles. The van der Waals surface area contributed by atoms with Crippen LogP contribution in [0.15, 0.2) is 23.1 Å². The highest BCUT2D eigenvalue weighted by molar-refractivity contribution is 5.40. The summed E-state index contributed by atoms with van der Waals surface area (Å²) in [5.41, 5.74) is 1.05. The van der Waals surface area contributed by atoms with Crippen LogP contribution in [0.2, 0.25) is 0 Å². The smallest absolute Gasteiger partial charge is 0.250 e. The van der Waals surface area contributed by atoms with Crippen molar-refractivity contribution >= 4 is 5.69 Å². The quantitative estimate of drug-likeness (QED) is 0.871. The largest absolute Gasteiger partial charge is 0.381 e. The lowest BCUT2D eigenvalue weighted by Gasteiger charge is -2.14. The van der Waals surface area contributed by atoms with E-state index in [-0.39, 0.29) is 5.56 Å². The molecule has 0 spiro atoms. The minimum Gasteiger partial charge on any atom is -0.381 e. The fourth-order valence-electron chi connectivity index (χ4n) is 2.32. The van der Waals surface area contributed by atoms with Crippen molar-refractivity contribution in [2.75, 3.05) is 11.9 Å². The van der Waals surface area contributed by atoms with Crippen molar-refractivity contribution in [2.24, 2.45) is 0 Å². The maximum absolute atomic E-state index is 11.6. The predicted molar refractivity (Wildman–Crippen MR) is 73.1 cm³/mol. The van der Waals surface area contributed by atoms with Gasteiger partial charge in [-0.05, 0) is 32.3 Å². The third-order valence-electron chi connectivity index (χ3n) is 3.30. The summed E-state index contributed by atoms with van der Waals surface area (Å²) in [6.07, 6.45) is 5.79. The molecule has 0 aromatic carbocycles. The van der Waals surface area contributed by atoms with Crippen molar-refractivity contribution in [1.29, 1.82) is 0 Å². The van der Waals surface area contributed by atoms with Crippen LogP contribution < -0.4 is 10.9 Å². The van der Waals surface area contributed by atoms with Crippen LogP contribution in [-0.4, -0.2) is 23.3 Å². The van der Waals surface area contributed by atoms with Crippen LogP contribution in [0.3, 0.4) is 0 Å². The van der Waals surface area contributed by atoms with Gasteiger partial charge in [0.25, 0.3) is 5.56 Å². The number of aromatic nitrogens is 1. The lowest BCUT2D eigenvalue weighted by Crippen LogP contribution is -2.22. The number of nitrogens with zero attached hydrogens (tertiary/aromatic N) is 1. The molecule has 2 heterocycles. The van der Waals surface area contributed by atoms with Gasteiger partial charge in [0.15, 0.2) is 0 Å². The predicted octanol–water partition coefficient (Wildman–Crippen LogP) is 2.24. The molecule has 1 aromatic heterocycles. The first-order valence-electron chi connectivity index (χ1n) is 6.79. The Morgan fingerprint density at radius 3 is 2.94 bits per heavy atom. The molecule has 0 amide bonds. The van der Waals surface area contributed by atoms with E-state index in [0.717, 1.165) is 38.0 Å². The third kappa shape index (κ3) is 3.35. The van der Waals surface area contributed by atoms with E-state index in [1.54, 1.807) is 10.6 Å². The van der Waals surface area contributed by atoms with Gasteiger partial charge in [-0.2, -0.15) is 0 Å². The van der Waals surface area contributed by atoms with E-state index in [1.807, 2.05) is 12.3 Å². The van der Waals surface area contributed by atoms with Crippen LogP contribution in [0.25, 0.3) is 0 Å². The van der Waals surface area contributed by atoms with E-state index in [0.29, 0.717) is 12.2 Å². The van der Waals surface area contributed by atoms with Crippen molar-refractivity contribution in [3.8, 4) is 0 Å². The molecule has 1 aliphatic rings. The van der Waals surface area contributed by atoms with Crippen LogP contribution >= 0.6 is 0 Å². The maximum atomic E-state index is 11.6. The van der Waals surface area contributed by atoms with Gasteiger partial charge in [0.2, 0.25) is 0 Å². The number of hydrogen-bond donors (Lipinski definition) is 1. The van der Waals surface area contributed by atoms with Crippen molar-refractivity contribution in [2.45, 2.75) is 51.9 Å². The lowest BCUT2D eigenvalue weighted by atomic mass is 10.2. The molecule has 2 rings (SSSR count). The highest BCUT2D eigenvalue weighted by Gasteiger charge is 2.21. The van der Waals surface area contributed by atoms with Crippen LogP contribution in [0.1, 0.15) is 33.1 Å². The number of hydrogen-bond acceptors (Lipinski definition) is 3. The molecule has 2 unspecified atom stereocenters. The first kappa shape index (κ1) is 13.1. The number of nitrogens with one attached hydrogen (secondary N) is 1. The van der Waals surface area contributed by atoms with Gasteiger partial charge in [0, 0.05) is 25.4 Å². The zero-order valence-electron chi connectivity index (χ0n) is 11.2. The molecule has 1 fully saturated rings. The van der Waals surface area contributed by atoms with Crippen LogP contribution in [0.5, 0.6) is 0 Å². The van der Waals surface area contributed by atoms with Gasteiger partial charge >= 0.3 is 0 Å². The van der Waals surface area contributed by atoms with E-state index >= 15 is 0 Å². The van der Waals surface area contributed by atoms with Gasteiger partial charge in [0.05, 0.1) is 17.9 Å². The summed E-state index contributed by atoms with van der Waals surface area (Å²) >= 11 is 0. The summed E-state index contributed by atoms with van der Waals surface area (Å²) in [5.74, 6) is 0. The van der Waals surface area contributed by atoms with Crippen molar-refractivity contribution in [3.63, 3.8) is 0 Å². The Balaban J connectivity index is 1.93. The van der Waals surface area contributed by atoms with Crippen molar-refractivity contribution < 1.29 is 4.74 Å². The van der Waals surface area contributed by atoms with Crippen LogP contribution in [0.4, 0.5) is 5.69 Å². The second kappa shape index (κ2) is 6.05. The van der Waals surface area contributed by atoms with Crippen molar-refractivity contribution in [3.05, 3.63) is 28.7 Å². The molecule has 0 bridgehead atoms. The van der Waals surface area contributed by atoms with Gasteiger partial charge in [-0.15, -0.1) is 0 Å². The number of anilines is 1. The Hall–Kier alpha value is -1.29. The zero-order valence-corrected chi connectivity index (χ0v) is 11.2. The monoisotopic (exact) mass is 250 g/mol. The molecular formula is C14H22N2O2. The highest BCUT2D eigenvalue weighted by atomic mass is 16.5. The molecule has 0 radical (unpaired) electrons. The Labute approximate surface area is 108 Å². The Morgan fingerprint density at radius 1 is 1.44 bits per heavy atom. The Morgan fingerprint density at radius 2 is 2.28 bits per heavy atom. The Kier molecular flexibility index (Phi) is 4.42. The summed E-state index contributed by atoms with van der Waals surface area (Å²) in [6, 6.07) is 3.46. The molecule has 100 valence electrons. The maximum Gasteiger partial charge on any atom is 0.250 e. The zero-order chi connectivity index (χ0) is 13.0. The summed E-state index contributed by atoms with van der Waals surface area (Å²) in [5, 5.41) is 3.35. The van der Waals surface area contributed by atoms with Gasteiger partial charge in [-0.25, -0.2) is 0 Å². The van der Waals surface area contributed by atoms with Gasteiger partial charge < -0.3 is 14.6 Å². The molecule has 18 heavy (non-hydrogen) atoms. The van der Waals surface area contributed by atoms with E-state index in [2.05, 4.69) is 19.2 Å². The fourth-order valence-corrected chi connectivity index (χ4v) is 2.32. The number of rotatable bonds is 5. The molecule has 1 saturated heterocycles. The normalized spacial score (nSPS) is 23.2. The second-order valence-electron chi connectivity index (χ2n) is 4.98. The number of aryl methyl sites for hydroxylation is 1. The van der Waals surface area contributed by atoms with Gasteiger partial charge in [0.1, 0.15) is 0 Å². The van der Waals surface area contributed by atoms with Crippen LogP contribution in [-0.2, 0) is 11.3 Å². The van der Waals surface area contributed by atoms with Crippen molar-refractivity contribution in [1.82, 2.24) is 4.57 Å². The molecule has 0 saturated carbocycles. The third-order valence-corrected chi connectivity index (χ3v) is 3.30.